The van der Waals surface area contributed by atoms with Gasteiger partial charge in [0.25, 0.3) is 5.91 Å². The van der Waals surface area contributed by atoms with E-state index in [9.17, 15) is 4.79 Å². The van der Waals surface area contributed by atoms with Crippen molar-refractivity contribution >= 4 is 21.8 Å². The number of hydrogen-bond donors (Lipinski definition) is 1. The van der Waals surface area contributed by atoms with Gasteiger partial charge in [-0.25, -0.2) is 9.67 Å². The molecule has 3 aromatic rings. The zero-order valence-corrected chi connectivity index (χ0v) is 13.4. The molecule has 0 bridgehead atoms. The van der Waals surface area contributed by atoms with Gasteiger partial charge >= 0.3 is 0 Å². The van der Waals surface area contributed by atoms with Gasteiger partial charge in [-0.15, -0.1) is 0 Å². The van der Waals surface area contributed by atoms with Gasteiger partial charge in [-0.1, -0.05) is 0 Å². The summed E-state index contributed by atoms with van der Waals surface area (Å²) < 4.78 is 7.53. The molecule has 112 valence electrons. The summed E-state index contributed by atoms with van der Waals surface area (Å²) in [7, 11) is 0. The van der Waals surface area contributed by atoms with Gasteiger partial charge in [-0.3, -0.25) is 4.79 Å². The van der Waals surface area contributed by atoms with E-state index in [-0.39, 0.29) is 5.91 Å². The van der Waals surface area contributed by atoms with Crippen molar-refractivity contribution in [3.63, 3.8) is 0 Å². The van der Waals surface area contributed by atoms with Crippen molar-refractivity contribution in [3.05, 3.63) is 64.4 Å². The minimum atomic E-state index is -0.249. The van der Waals surface area contributed by atoms with Crippen LogP contribution in [-0.4, -0.2) is 20.7 Å². The number of carbonyl (C=O) groups excluding carboxylic acids is 1. The first-order valence-electron chi connectivity index (χ1n) is 6.62. The Morgan fingerprint density at radius 1 is 1.41 bits per heavy atom. The fourth-order valence-electron chi connectivity index (χ4n) is 2.03. The Bertz CT molecular complexity index is 796. The van der Waals surface area contributed by atoms with Gasteiger partial charge in [0.2, 0.25) is 0 Å². The lowest BCUT2D eigenvalue weighted by atomic mass is 10.2. The van der Waals surface area contributed by atoms with Crippen LogP contribution < -0.4 is 5.32 Å². The van der Waals surface area contributed by atoms with Crippen molar-refractivity contribution < 1.29 is 9.21 Å². The molecule has 0 spiro atoms. The van der Waals surface area contributed by atoms with Crippen LogP contribution in [0.4, 0.5) is 0 Å². The Morgan fingerprint density at radius 2 is 2.27 bits per heavy atom. The van der Waals surface area contributed by atoms with Crippen LogP contribution in [0.25, 0.3) is 5.82 Å². The molecule has 0 fully saturated rings. The zero-order valence-electron chi connectivity index (χ0n) is 11.8. The molecular formula is C15H13BrN4O2. The van der Waals surface area contributed by atoms with Crippen LogP contribution in [0, 0.1) is 6.92 Å². The molecule has 3 rings (SSSR count). The average molecular weight is 361 g/mol. The molecule has 3 heterocycles. The van der Waals surface area contributed by atoms with Crippen LogP contribution in [0.3, 0.4) is 0 Å². The predicted molar refractivity (Wildman–Crippen MR) is 83.7 cm³/mol. The molecule has 0 atom stereocenters. The molecule has 1 N–H and O–H groups in total. The number of halogens is 1. The highest BCUT2D eigenvalue weighted by Gasteiger charge is 2.14. The highest BCUT2D eigenvalue weighted by Crippen LogP contribution is 2.19. The summed E-state index contributed by atoms with van der Waals surface area (Å²) >= 11 is 3.21. The van der Waals surface area contributed by atoms with E-state index in [1.165, 1.54) is 0 Å². The van der Waals surface area contributed by atoms with Crippen LogP contribution >= 0.6 is 15.9 Å². The van der Waals surface area contributed by atoms with E-state index in [1.54, 1.807) is 23.1 Å². The number of aromatic nitrogens is 3. The summed E-state index contributed by atoms with van der Waals surface area (Å²) in [4.78, 5) is 16.4. The van der Waals surface area contributed by atoms with Gasteiger partial charge in [0.05, 0.1) is 0 Å². The largest absolute Gasteiger partial charge is 0.444 e. The highest BCUT2D eigenvalue weighted by molar-refractivity contribution is 9.10. The number of nitrogens with one attached hydrogen (secondary N) is 1. The maximum atomic E-state index is 12.1. The summed E-state index contributed by atoms with van der Waals surface area (Å²) in [6.45, 7) is 2.21. The quantitative estimate of drug-likeness (QED) is 0.776. The minimum absolute atomic E-state index is 0.249. The molecule has 1 amide bonds. The van der Waals surface area contributed by atoms with Crippen molar-refractivity contribution in [3.8, 4) is 5.82 Å². The van der Waals surface area contributed by atoms with Crippen molar-refractivity contribution in [2.45, 2.75) is 13.5 Å². The zero-order chi connectivity index (χ0) is 15.5. The summed E-state index contributed by atoms with van der Waals surface area (Å²) in [6.07, 6.45) is 5.19. The van der Waals surface area contributed by atoms with Gasteiger partial charge in [-0.2, -0.15) is 5.10 Å². The maximum Gasteiger partial charge on any atom is 0.287 e. The topological polar surface area (TPSA) is 73.0 Å². The molecule has 0 aromatic carbocycles. The number of carbonyl (C=O) groups is 1. The van der Waals surface area contributed by atoms with E-state index in [2.05, 4.69) is 31.3 Å². The first-order valence-corrected chi connectivity index (χ1v) is 7.42. The molecule has 0 saturated heterocycles. The van der Waals surface area contributed by atoms with E-state index in [0.29, 0.717) is 22.8 Å². The van der Waals surface area contributed by atoms with Gasteiger partial charge < -0.3 is 9.73 Å². The number of hydrogen-bond acceptors (Lipinski definition) is 4. The smallest absolute Gasteiger partial charge is 0.287 e. The van der Waals surface area contributed by atoms with Gasteiger partial charge in [0, 0.05) is 30.7 Å². The van der Waals surface area contributed by atoms with Crippen molar-refractivity contribution in [2.75, 3.05) is 0 Å². The fourth-order valence-corrected chi connectivity index (χ4v) is 2.54. The molecule has 0 aliphatic heterocycles. The number of rotatable bonds is 4. The second kappa shape index (κ2) is 6.15. The Morgan fingerprint density at radius 3 is 2.95 bits per heavy atom. The van der Waals surface area contributed by atoms with Crippen LogP contribution in [0.5, 0.6) is 0 Å². The second-order valence-corrected chi connectivity index (χ2v) is 5.50. The molecule has 0 saturated carbocycles. The maximum absolute atomic E-state index is 12.1. The van der Waals surface area contributed by atoms with Crippen molar-refractivity contribution in [1.82, 2.24) is 20.1 Å². The molecule has 0 aliphatic rings. The first kappa shape index (κ1) is 14.5. The Labute approximate surface area is 135 Å². The predicted octanol–water partition coefficient (Wildman–Crippen LogP) is 2.86. The second-order valence-electron chi connectivity index (χ2n) is 4.72. The van der Waals surface area contributed by atoms with Gasteiger partial charge in [0.1, 0.15) is 0 Å². The van der Waals surface area contributed by atoms with Crippen molar-refractivity contribution in [2.24, 2.45) is 0 Å². The van der Waals surface area contributed by atoms with E-state index >= 15 is 0 Å². The Hall–Kier alpha value is -2.41. The van der Waals surface area contributed by atoms with Crippen LogP contribution in [-0.2, 0) is 6.54 Å². The molecule has 3 aromatic heterocycles. The third-order valence-electron chi connectivity index (χ3n) is 3.10. The van der Waals surface area contributed by atoms with E-state index in [4.69, 9.17) is 4.42 Å². The Kier molecular flexibility index (Phi) is 4.06. The summed E-state index contributed by atoms with van der Waals surface area (Å²) in [5, 5.41) is 6.96. The normalized spacial score (nSPS) is 10.6. The SMILES string of the molecule is Cc1cc(Br)oc1C(=O)NCc1ccnc(-n2cccn2)c1. The fraction of sp³-hybridized carbons (Fsp3) is 0.133. The number of nitrogens with zero attached hydrogens (tertiary/aromatic N) is 3. The van der Waals surface area contributed by atoms with E-state index in [1.807, 2.05) is 31.3 Å². The van der Waals surface area contributed by atoms with Crippen molar-refractivity contribution in [1.29, 1.82) is 0 Å². The van der Waals surface area contributed by atoms with Crippen LogP contribution in [0.2, 0.25) is 0 Å². The molecule has 0 radical (unpaired) electrons. The van der Waals surface area contributed by atoms with Crippen LogP contribution in [0.15, 0.2) is 51.9 Å². The summed E-state index contributed by atoms with van der Waals surface area (Å²) in [6, 6.07) is 7.31. The summed E-state index contributed by atoms with van der Waals surface area (Å²) in [5.41, 5.74) is 1.72. The molecule has 7 heteroatoms. The van der Waals surface area contributed by atoms with E-state index in [0.717, 1.165) is 11.1 Å². The highest BCUT2D eigenvalue weighted by atomic mass is 79.9. The molecular weight excluding hydrogens is 348 g/mol. The lowest BCUT2D eigenvalue weighted by molar-refractivity contribution is 0.0921. The number of furan rings is 1. The number of pyridine rings is 1. The lowest BCUT2D eigenvalue weighted by Crippen LogP contribution is -2.23. The molecule has 0 aliphatic carbocycles. The molecule has 22 heavy (non-hydrogen) atoms. The number of aryl methyl sites for hydroxylation is 1. The van der Waals surface area contributed by atoms with Crippen LogP contribution in [0.1, 0.15) is 21.7 Å². The van der Waals surface area contributed by atoms with E-state index < -0.39 is 0 Å². The lowest BCUT2D eigenvalue weighted by Gasteiger charge is -2.06. The molecule has 6 nitrogen and oxygen atoms in total. The monoisotopic (exact) mass is 360 g/mol. The average Bonchev–Trinajstić information content (AvgIpc) is 3.15. The molecule has 0 unspecified atom stereocenters. The van der Waals surface area contributed by atoms with Gasteiger partial charge in [0.15, 0.2) is 16.2 Å². The summed E-state index contributed by atoms with van der Waals surface area (Å²) in [5.74, 6) is 0.766. The van der Waals surface area contributed by atoms with Gasteiger partial charge in [-0.05, 0) is 52.7 Å². The third kappa shape index (κ3) is 3.09. The minimum Gasteiger partial charge on any atom is -0.444 e. The Balaban J connectivity index is 1.70. The third-order valence-corrected chi connectivity index (χ3v) is 3.49. The number of amides is 1. The standard InChI is InChI=1S/C15H13BrN4O2/c1-10-7-12(16)22-14(10)15(21)18-9-11-3-5-17-13(8-11)20-6-2-4-19-20/h2-8H,9H2,1H3,(H,18,21). The first-order chi connectivity index (χ1) is 10.6.